The summed E-state index contributed by atoms with van der Waals surface area (Å²) >= 11 is 0. The second-order valence-corrected chi connectivity index (χ2v) is 6.07. The molecule has 4 heteroatoms. The van der Waals surface area contributed by atoms with E-state index in [0.29, 0.717) is 6.61 Å². The summed E-state index contributed by atoms with van der Waals surface area (Å²) in [6.07, 6.45) is 1.03. The number of aromatic amines is 1. The average molecular weight is 322 g/mol. The van der Waals surface area contributed by atoms with Crippen molar-refractivity contribution in [2.45, 2.75) is 19.4 Å². The van der Waals surface area contributed by atoms with Crippen molar-refractivity contribution in [1.29, 1.82) is 0 Å². The molecule has 1 aromatic heterocycles. The Bertz CT molecular complexity index is 852. The van der Waals surface area contributed by atoms with Crippen LogP contribution in [0.1, 0.15) is 29.8 Å². The fourth-order valence-electron chi connectivity index (χ4n) is 3.54. The normalized spacial score (nSPS) is 16.8. The molecule has 124 valence electrons. The van der Waals surface area contributed by atoms with Gasteiger partial charge in [0.1, 0.15) is 11.5 Å². The van der Waals surface area contributed by atoms with Crippen LogP contribution in [0.3, 0.4) is 0 Å². The molecule has 0 amide bonds. The van der Waals surface area contributed by atoms with Gasteiger partial charge in [-0.05, 0) is 54.8 Å². The maximum Gasteiger partial charge on any atom is 0.120 e. The van der Waals surface area contributed by atoms with Crippen LogP contribution in [0.25, 0.3) is 10.9 Å². The first-order valence-electron chi connectivity index (χ1n) is 8.44. The fourth-order valence-corrected chi connectivity index (χ4v) is 3.54. The first kappa shape index (κ1) is 15.1. The van der Waals surface area contributed by atoms with Crippen LogP contribution in [0.4, 0.5) is 0 Å². The van der Waals surface area contributed by atoms with Crippen molar-refractivity contribution in [2.24, 2.45) is 0 Å². The number of aromatic nitrogens is 1. The lowest BCUT2D eigenvalue weighted by Crippen LogP contribution is -2.30. The molecule has 0 aliphatic carbocycles. The number of hydrogen-bond acceptors (Lipinski definition) is 3. The highest BCUT2D eigenvalue weighted by Gasteiger charge is 2.25. The van der Waals surface area contributed by atoms with Gasteiger partial charge in [0.15, 0.2) is 0 Å². The molecule has 24 heavy (non-hydrogen) atoms. The molecule has 4 nitrogen and oxygen atoms in total. The Balaban J connectivity index is 1.77. The van der Waals surface area contributed by atoms with Crippen LogP contribution in [0.5, 0.6) is 11.5 Å². The number of nitrogens with one attached hydrogen (secondary N) is 2. The number of ether oxygens (including phenoxy) is 2. The third-order valence-corrected chi connectivity index (χ3v) is 4.68. The van der Waals surface area contributed by atoms with E-state index >= 15 is 0 Å². The molecule has 3 aromatic rings. The fraction of sp³-hybridized carbons (Fsp3) is 0.300. The molecule has 4 rings (SSSR count). The van der Waals surface area contributed by atoms with Crippen molar-refractivity contribution in [3.63, 3.8) is 0 Å². The Morgan fingerprint density at radius 2 is 1.88 bits per heavy atom. The summed E-state index contributed by atoms with van der Waals surface area (Å²) in [5, 5.41) is 4.90. The zero-order valence-electron chi connectivity index (χ0n) is 14.1. The Labute approximate surface area is 141 Å². The summed E-state index contributed by atoms with van der Waals surface area (Å²) in [5.74, 6) is 1.82. The minimum atomic E-state index is 0.183. The standard InChI is InChI=1S/C20H22N2O2/c1-3-24-15-8-9-18-17(12-15)16-10-11-21-19(20(16)22-18)13-4-6-14(23-2)7-5-13/h4-9,12,19,21-22H,3,10-11H2,1-2H3. The predicted octanol–water partition coefficient (Wildman–Crippen LogP) is 3.81. The summed E-state index contributed by atoms with van der Waals surface area (Å²) in [5.41, 5.74) is 5.07. The van der Waals surface area contributed by atoms with Gasteiger partial charge in [-0.25, -0.2) is 0 Å². The highest BCUT2D eigenvalue weighted by Crippen LogP contribution is 2.35. The van der Waals surface area contributed by atoms with E-state index in [1.807, 2.05) is 25.1 Å². The SMILES string of the molecule is CCOc1ccc2[nH]c3c(c2c1)CCNC3c1ccc(OC)cc1. The van der Waals surface area contributed by atoms with Crippen LogP contribution in [0, 0.1) is 0 Å². The maximum atomic E-state index is 5.67. The smallest absolute Gasteiger partial charge is 0.120 e. The van der Waals surface area contributed by atoms with Gasteiger partial charge in [-0.2, -0.15) is 0 Å². The number of methoxy groups -OCH3 is 1. The van der Waals surface area contributed by atoms with Gasteiger partial charge in [-0.3, -0.25) is 0 Å². The number of fused-ring (bicyclic) bond motifs is 3. The Morgan fingerprint density at radius 3 is 2.62 bits per heavy atom. The largest absolute Gasteiger partial charge is 0.497 e. The molecule has 1 aliphatic rings. The summed E-state index contributed by atoms with van der Waals surface area (Å²) in [4.78, 5) is 3.61. The van der Waals surface area contributed by atoms with Crippen LogP contribution in [0.2, 0.25) is 0 Å². The van der Waals surface area contributed by atoms with Crippen LogP contribution >= 0.6 is 0 Å². The Kier molecular flexibility index (Phi) is 3.90. The monoisotopic (exact) mass is 322 g/mol. The summed E-state index contributed by atoms with van der Waals surface area (Å²) < 4.78 is 10.9. The van der Waals surface area contributed by atoms with Gasteiger partial charge in [0.05, 0.1) is 19.8 Å². The van der Waals surface area contributed by atoms with E-state index in [1.165, 1.54) is 27.7 Å². The van der Waals surface area contributed by atoms with Crippen LogP contribution in [-0.4, -0.2) is 25.2 Å². The van der Waals surface area contributed by atoms with Gasteiger partial charge in [0.25, 0.3) is 0 Å². The lowest BCUT2D eigenvalue weighted by molar-refractivity contribution is 0.340. The predicted molar refractivity (Wildman–Crippen MR) is 96.0 cm³/mol. The van der Waals surface area contributed by atoms with Crippen molar-refractivity contribution < 1.29 is 9.47 Å². The zero-order valence-corrected chi connectivity index (χ0v) is 14.1. The Morgan fingerprint density at radius 1 is 1.08 bits per heavy atom. The van der Waals surface area contributed by atoms with Crippen LogP contribution < -0.4 is 14.8 Å². The van der Waals surface area contributed by atoms with E-state index in [4.69, 9.17) is 9.47 Å². The molecule has 1 aliphatic heterocycles. The first-order chi connectivity index (χ1) is 11.8. The Hall–Kier alpha value is -2.46. The number of hydrogen-bond donors (Lipinski definition) is 2. The zero-order chi connectivity index (χ0) is 16.5. The van der Waals surface area contributed by atoms with Gasteiger partial charge in [-0.15, -0.1) is 0 Å². The maximum absolute atomic E-state index is 5.67. The van der Waals surface area contributed by atoms with E-state index in [1.54, 1.807) is 7.11 Å². The quantitative estimate of drug-likeness (QED) is 0.768. The van der Waals surface area contributed by atoms with Gasteiger partial charge in [0.2, 0.25) is 0 Å². The summed E-state index contributed by atoms with van der Waals surface area (Å²) in [6, 6.07) is 14.8. The minimum Gasteiger partial charge on any atom is -0.497 e. The van der Waals surface area contributed by atoms with Crippen LogP contribution in [0.15, 0.2) is 42.5 Å². The highest BCUT2D eigenvalue weighted by atomic mass is 16.5. The topological polar surface area (TPSA) is 46.3 Å². The van der Waals surface area contributed by atoms with Gasteiger partial charge >= 0.3 is 0 Å². The van der Waals surface area contributed by atoms with E-state index in [0.717, 1.165) is 24.5 Å². The van der Waals surface area contributed by atoms with E-state index in [2.05, 4.69) is 34.6 Å². The number of rotatable bonds is 4. The van der Waals surface area contributed by atoms with E-state index in [-0.39, 0.29) is 6.04 Å². The molecule has 2 aromatic carbocycles. The lowest BCUT2D eigenvalue weighted by atomic mass is 9.94. The molecule has 2 N–H and O–H groups in total. The van der Waals surface area contributed by atoms with Crippen molar-refractivity contribution in [1.82, 2.24) is 10.3 Å². The lowest BCUT2D eigenvalue weighted by Gasteiger charge is -2.25. The third-order valence-electron chi connectivity index (χ3n) is 4.68. The molecule has 0 fully saturated rings. The summed E-state index contributed by atoms with van der Waals surface area (Å²) in [7, 11) is 1.69. The highest BCUT2D eigenvalue weighted by molar-refractivity contribution is 5.86. The average Bonchev–Trinajstić information content (AvgIpc) is 3.00. The minimum absolute atomic E-state index is 0.183. The van der Waals surface area contributed by atoms with Crippen molar-refractivity contribution in [2.75, 3.05) is 20.3 Å². The van der Waals surface area contributed by atoms with Gasteiger partial charge < -0.3 is 19.8 Å². The molecule has 0 radical (unpaired) electrons. The molecule has 0 saturated heterocycles. The molecule has 0 spiro atoms. The summed E-state index contributed by atoms with van der Waals surface area (Å²) in [6.45, 7) is 3.67. The molecule has 0 bridgehead atoms. The van der Waals surface area contributed by atoms with E-state index in [9.17, 15) is 0 Å². The van der Waals surface area contributed by atoms with Crippen LogP contribution in [-0.2, 0) is 6.42 Å². The molecule has 1 unspecified atom stereocenters. The van der Waals surface area contributed by atoms with Crippen molar-refractivity contribution in [3.8, 4) is 11.5 Å². The van der Waals surface area contributed by atoms with Gasteiger partial charge in [-0.1, -0.05) is 12.1 Å². The second-order valence-electron chi connectivity index (χ2n) is 6.07. The van der Waals surface area contributed by atoms with Gasteiger partial charge in [0, 0.05) is 23.1 Å². The number of H-pyrrole nitrogens is 1. The molecule has 0 saturated carbocycles. The number of benzene rings is 2. The second kappa shape index (κ2) is 6.21. The van der Waals surface area contributed by atoms with Crippen molar-refractivity contribution in [3.05, 3.63) is 59.3 Å². The first-order valence-corrected chi connectivity index (χ1v) is 8.44. The third kappa shape index (κ3) is 2.53. The molecule has 2 heterocycles. The molecular weight excluding hydrogens is 300 g/mol. The van der Waals surface area contributed by atoms with E-state index < -0.39 is 0 Å². The van der Waals surface area contributed by atoms with Crippen molar-refractivity contribution >= 4 is 10.9 Å². The molecular formula is C20H22N2O2. The molecule has 1 atom stereocenters.